The van der Waals surface area contributed by atoms with Gasteiger partial charge < -0.3 is 19.0 Å². The number of carbonyl (C=O) groups is 1. The van der Waals surface area contributed by atoms with Gasteiger partial charge in [0.1, 0.15) is 11.3 Å². The molecule has 1 amide bonds. The maximum Gasteiger partial charge on any atom is 0.290 e. The third-order valence-corrected chi connectivity index (χ3v) is 5.52. The first kappa shape index (κ1) is 21.4. The van der Waals surface area contributed by atoms with Gasteiger partial charge in [0.25, 0.3) is 5.91 Å². The van der Waals surface area contributed by atoms with E-state index in [2.05, 4.69) is 0 Å². The van der Waals surface area contributed by atoms with Crippen LogP contribution >= 0.6 is 11.6 Å². The smallest absolute Gasteiger partial charge is 0.290 e. The van der Waals surface area contributed by atoms with Gasteiger partial charge in [0.15, 0.2) is 5.43 Å². The van der Waals surface area contributed by atoms with Crippen molar-refractivity contribution >= 4 is 28.5 Å². The van der Waals surface area contributed by atoms with E-state index < -0.39 is 6.04 Å². The Bertz CT molecular complexity index is 1180. The van der Waals surface area contributed by atoms with Gasteiger partial charge in [-0.3, -0.25) is 9.59 Å². The summed E-state index contributed by atoms with van der Waals surface area (Å²) in [6.45, 7) is 5.04. The molecule has 0 saturated heterocycles. The fourth-order valence-electron chi connectivity index (χ4n) is 3.88. The molecule has 0 N–H and O–H groups in total. The van der Waals surface area contributed by atoms with E-state index in [1.165, 1.54) is 0 Å². The van der Waals surface area contributed by atoms with Crippen LogP contribution in [-0.4, -0.2) is 49.0 Å². The second kappa shape index (κ2) is 8.36. The molecule has 2 aromatic carbocycles. The number of hydrogen-bond acceptors (Lipinski definition) is 5. The van der Waals surface area contributed by atoms with Crippen LogP contribution in [0, 0.1) is 0 Å². The lowest BCUT2D eigenvalue weighted by Crippen LogP contribution is -2.35. The summed E-state index contributed by atoms with van der Waals surface area (Å²) < 4.78 is 11.7. The Hall–Kier alpha value is -2.83. The quantitative estimate of drug-likeness (QED) is 0.570. The minimum absolute atomic E-state index is 0.0550. The van der Waals surface area contributed by atoms with Crippen LogP contribution in [0.4, 0.5) is 0 Å². The molecule has 0 saturated carbocycles. The fourth-order valence-corrected chi connectivity index (χ4v) is 4.05. The number of amides is 1. The molecule has 0 unspecified atom stereocenters. The normalized spacial score (nSPS) is 15.9. The summed E-state index contributed by atoms with van der Waals surface area (Å²) in [7, 11) is 3.89. The van der Waals surface area contributed by atoms with Gasteiger partial charge in [0, 0.05) is 18.1 Å². The van der Waals surface area contributed by atoms with E-state index in [0.29, 0.717) is 34.6 Å². The lowest BCUT2D eigenvalue weighted by Gasteiger charge is -2.26. The monoisotopic (exact) mass is 440 g/mol. The molecule has 2 heterocycles. The molecule has 7 heteroatoms. The summed E-state index contributed by atoms with van der Waals surface area (Å²) >= 11 is 6.12. The first-order valence-corrected chi connectivity index (χ1v) is 10.6. The average Bonchev–Trinajstić information content (AvgIpc) is 2.99. The molecule has 1 aromatic heterocycles. The molecule has 0 fully saturated rings. The molecular formula is C24H25ClN2O4. The summed E-state index contributed by atoms with van der Waals surface area (Å²) in [6, 6.07) is 11.9. The predicted octanol–water partition coefficient (Wildman–Crippen LogP) is 4.34. The lowest BCUT2D eigenvalue weighted by atomic mass is 9.98. The van der Waals surface area contributed by atoms with Gasteiger partial charge >= 0.3 is 0 Å². The van der Waals surface area contributed by atoms with E-state index in [0.717, 1.165) is 11.3 Å². The Morgan fingerprint density at radius 2 is 1.84 bits per heavy atom. The highest BCUT2D eigenvalue weighted by molar-refractivity contribution is 6.31. The van der Waals surface area contributed by atoms with Crippen molar-refractivity contribution in [3.63, 3.8) is 0 Å². The van der Waals surface area contributed by atoms with Crippen LogP contribution in [0.2, 0.25) is 5.02 Å². The fraction of sp³-hybridized carbons (Fsp3) is 0.333. The first-order chi connectivity index (χ1) is 14.8. The van der Waals surface area contributed by atoms with Gasteiger partial charge in [-0.2, -0.15) is 0 Å². The van der Waals surface area contributed by atoms with Crippen molar-refractivity contribution in [1.82, 2.24) is 9.80 Å². The van der Waals surface area contributed by atoms with Crippen LogP contribution in [0.25, 0.3) is 11.0 Å². The van der Waals surface area contributed by atoms with Crippen LogP contribution in [0.5, 0.6) is 5.75 Å². The van der Waals surface area contributed by atoms with Crippen LogP contribution in [0.15, 0.2) is 51.7 Å². The van der Waals surface area contributed by atoms with E-state index in [4.69, 9.17) is 20.8 Å². The van der Waals surface area contributed by atoms with E-state index in [1.807, 2.05) is 57.1 Å². The summed E-state index contributed by atoms with van der Waals surface area (Å²) in [4.78, 5) is 30.5. The van der Waals surface area contributed by atoms with Crippen LogP contribution in [0.3, 0.4) is 0 Å². The molecule has 1 aliphatic rings. The van der Waals surface area contributed by atoms with Crippen molar-refractivity contribution in [1.29, 1.82) is 0 Å². The molecule has 162 valence electrons. The van der Waals surface area contributed by atoms with Crippen molar-refractivity contribution in [2.75, 3.05) is 27.2 Å². The van der Waals surface area contributed by atoms with E-state index >= 15 is 0 Å². The maximum absolute atomic E-state index is 13.5. The number of nitrogens with zero attached hydrogens (tertiary/aromatic N) is 2. The highest BCUT2D eigenvalue weighted by Gasteiger charge is 2.42. The Morgan fingerprint density at radius 3 is 2.48 bits per heavy atom. The highest BCUT2D eigenvalue weighted by atomic mass is 35.5. The number of rotatable bonds is 6. The Labute approximate surface area is 186 Å². The van der Waals surface area contributed by atoms with Crippen LogP contribution in [0.1, 0.15) is 41.6 Å². The van der Waals surface area contributed by atoms with Crippen molar-refractivity contribution in [3.05, 3.63) is 74.6 Å². The van der Waals surface area contributed by atoms with Gasteiger partial charge in [-0.15, -0.1) is 0 Å². The minimum Gasteiger partial charge on any atom is -0.491 e. The van der Waals surface area contributed by atoms with E-state index in [-0.39, 0.29) is 23.2 Å². The number of halogens is 1. The Morgan fingerprint density at radius 1 is 1.13 bits per heavy atom. The highest BCUT2D eigenvalue weighted by Crippen LogP contribution is 2.38. The molecule has 0 spiro atoms. The van der Waals surface area contributed by atoms with Gasteiger partial charge in [-0.25, -0.2) is 0 Å². The molecule has 31 heavy (non-hydrogen) atoms. The molecule has 3 aromatic rings. The maximum atomic E-state index is 13.5. The average molecular weight is 441 g/mol. The van der Waals surface area contributed by atoms with E-state index in [9.17, 15) is 9.59 Å². The summed E-state index contributed by atoms with van der Waals surface area (Å²) in [5.41, 5.74) is 1.31. The molecule has 6 nitrogen and oxygen atoms in total. The molecule has 0 bridgehead atoms. The third kappa shape index (κ3) is 4.05. The third-order valence-electron chi connectivity index (χ3n) is 5.28. The molecule has 4 rings (SSSR count). The number of hydrogen-bond donors (Lipinski definition) is 0. The molecule has 1 atom stereocenters. The van der Waals surface area contributed by atoms with Crippen LogP contribution < -0.4 is 10.2 Å². The van der Waals surface area contributed by atoms with Crippen molar-refractivity contribution in [2.45, 2.75) is 26.0 Å². The zero-order chi connectivity index (χ0) is 22.3. The van der Waals surface area contributed by atoms with Gasteiger partial charge in [-0.05, 0) is 63.8 Å². The summed E-state index contributed by atoms with van der Waals surface area (Å²) in [5.74, 6) is 0.560. The minimum atomic E-state index is -0.532. The van der Waals surface area contributed by atoms with Crippen molar-refractivity contribution in [2.24, 2.45) is 0 Å². The number of ether oxygens (including phenoxy) is 1. The summed E-state index contributed by atoms with van der Waals surface area (Å²) in [5, 5.41) is 0.818. The number of benzene rings is 2. The zero-order valence-electron chi connectivity index (χ0n) is 18.0. The second-order valence-corrected chi connectivity index (χ2v) is 8.69. The molecular weight excluding hydrogens is 416 g/mol. The standard InChI is InChI=1S/C24H25ClN2O4/c1-14(2)30-17-8-5-15(6-9-17)21-20-22(28)18-13-16(25)7-10-19(18)31-23(20)24(29)27(21)12-11-26(3)4/h5-10,13-14,21H,11-12H2,1-4H3/t21-/m0/s1. The molecule has 1 aliphatic heterocycles. The van der Waals surface area contributed by atoms with Gasteiger partial charge in [0.05, 0.1) is 23.1 Å². The zero-order valence-corrected chi connectivity index (χ0v) is 18.8. The topological polar surface area (TPSA) is 63.0 Å². The van der Waals surface area contributed by atoms with Crippen molar-refractivity contribution < 1.29 is 13.9 Å². The SMILES string of the molecule is CC(C)Oc1ccc([C@H]2c3c(oc4ccc(Cl)cc4c3=O)C(=O)N2CCN(C)C)cc1. The molecule has 0 aliphatic carbocycles. The van der Waals surface area contributed by atoms with Crippen molar-refractivity contribution in [3.8, 4) is 5.75 Å². The number of likely N-dealkylation sites (N-methyl/N-ethyl adjacent to an activating group) is 1. The molecule has 0 radical (unpaired) electrons. The lowest BCUT2D eigenvalue weighted by molar-refractivity contribution is 0.0716. The predicted molar refractivity (Wildman–Crippen MR) is 121 cm³/mol. The van der Waals surface area contributed by atoms with Gasteiger partial charge in [-0.1, -0.05) is 23.7 Å². The van der Waals surface area contributed by atoms with Gasteiger partial charge in [0.2, 0.25) is 5.76 Å². The Kier molecular flexibility index (Phi) is 5.77. The largest absolute Gasteiger partial charge is 0.491 e. The Balaban J connectivity index is 1.86. The number of carbonyl (C=O) groups excluding carboxylic acids is 1. The number of fused-ring (bicyclic) bond motifs is 2. The first-order valence-electron chi connectivity index (χ1n) is 10.2. The second-order valence-electron chi connectivity index (χ2n) is 8.25. The van der Waals surface area contributed by atoms with E-state index in [1.54, 1.807) is 23.1 Å². The summed E-state index contributed by atoms with van der Waals surface area (Å²) in [6.07, 6.45) is 0.0550. The van der Waals surface area contributed by atoms with Crippen LogP contribution in [-0.2, 0) is 0 Å².